The van der Waals surface area contributed by atoms with Crippen molar-refractivity contribution < 1.29 is 24.2 Å². The first-order valence-corrected chi connectivity index (χ1v) is 13.1. The van der Waals surface area contributed by atoms with E-state index < -0.39 is 12.0 Å². The second-order valence-electron chi connectivity index (χ2n) is 9.25. The summed E-state index contributed by atoms with van der Waals surface area (Å²) in [6.07, 6.45) is 0. The Morgan fingerprint density at radius 1 is 0.814 bits per heavy atom. The predicted molar refractivity (Wildman–Crippen MR) is 167 cm³/mol. The topological polar surface area (TPSA) is 197 Å². The molecule has 0 aliphatic heterocycles. The van der Waals surface area contributed by atoms with Gasteiger partial charge < -0.3 is 36.7 Å². The second-order valence-corrected chi connectivity index (χ2v) is 9.25. The van der Waals surface area contributed by atoms with Crippen LogP contribution in [-0.4, -0.2) is 35.8 Å². The maximum Gasteiger partial charge on any atom is 0.300 e. The molecule has 4 aromatic rings. The smallest absolute Gasteiger partial charge is 0.300 e. The number of benzene rings is 4. The molecule has 4 rings (SSSR count). The zero-order valence-corrected chi connectivity index (χ0v) is 23.8. The predicted octanol–water partition coefficient (Wildman–Crippen LogP) is 4.73. The van der Waals surface area contributed by atoms with Crippen LogP contribution in [0, 0.1) is 10.8 Å². The van der Waals surface area contributed by atoms with Crippen molar-refractivity contribution in [2.75, 3.05) is 17.7 Å². The summed E-state index contributed by atoms with van der Waals surface area (Å²) < 4.78 is 11.6. The van der Waals surface area contributed by atoms with Gasteiger partial charge >= 0.3 is 0 Å². The molecule has 0 spiro atoms. The molecule has 0 unspecified atom stereocenters. The van der Waals surface area contributed by atoms with E-state index in [0.717, 1.165) is 12.5 Å². The molecule has 222 valence electrons. The fraction of sp³-hybridized carbons (Fsp3) is 0.125. The summed E-state index contributed by atoms with van der Waals surface area (Å²) in [5, 5.41) is 28.8. The van der Waals surface area contributed by atoms with Gasteiger partial charge in [-0.05, 0) is 71.8 Å². The number of nitrogens with one attached hydrogen (secondary N) is 4. The minimum Gasteiger partial charge on any atom is -0.493 e. The number of rotatable bonds is 11. The van der Waals surface area contributed by atoms with E-state index in [1.54, 1.807) is 67.8 Å². The van der Waals surface area contributed by atoms with Crippen molar-refractivity contribution in [3.63, 3.8) is 0 Å². The molecule has 0 saturated carbocycles. The molecule has 1 amide bonds. The van der Waals surface area contributed by atoms with Crippen molar-refractivity contribution in [1.82, 2.24) is 0 Å². The molecule has 11 nitrogen and oxygen atoms in total. The molecule has 0 aliphatic carbocycles. The summed E-state index contributed by atoms with van der Waals surface area (Å²) >= 11 is 0. The summed E-state index contributed by atoms with van der Waals surface area (Å²) in [5.74, 6) is -0.208. The van der Waals surface area contributed by atoms with Crippen LogP contribution >= 0.6 is 0 Å². The number of carbonyl (C=O) groups is 2. The third-order valence-electron chi connectivity index (χ3n) is 5.99. The molecule has 0 fully saturated rings. The average Bonchev–Trinajstić information content (AvgIpc) is 2.99. The molecule has 9 N–H and O–H groups in total. The van der Waals surface area contributed by atoms with Crippen molar-refractivity contribution in [2.24, 2.45) is 11.5 Å². The first kappa shape index (κ1) is 31.7. The first-order chi connectivity index (χ1) is 20.6. The van der Waals surface area contributed by atoms with Gasteiger partial charge in [-0.2, -0.15) is 0 Å². The van der Waals surface area contributed by atoms with Crippen LogP contribution < -0.4 is 31.6 Å². The Morgan fingerprint density at radius 3 is 1.86 bits per heavy atom. The Labute approximate surface area is 249 Å². The summed E-state index contributed by atoms with van der Waals surface area (Å²) in [7, 11) is 1.55. The van der Waals surface area contributed by atoms with E-state index in [9.17, 15) is 4.79 Å². The number of methoxy groups -OCH3 is 1. The number of anilines is 2. The fourth-order valence-electron chi connectivity index (χ4n) is 3.88. The minimum absolute atomic E-state index is 0.0410. The van der Waals surface area contributed by atoms with E-state index in [4.69, 9.17) is 41.7 Å². The van der Waals surface area contributed by atoms with Crippen LogP contribution in [0.5, 0.6) is 11.5 Å². The molecule has 0 saturated heterocycles. The SMILES string of the molecule is CC(=O)O.COc1cc([C@@H](Nc2ccc(C(=N)N)cc2)C(=O)Nc2ccc(C(=N)N)cc2)ccc1OCc1ccccc1. The number of hydrogen-bond donors (Lipinski definition) is 7. The summed E-state index contributed by atoms with van der Waals surface area (Å²) in [6, 6.07) is 28.0. The summed E-state index contributed by atoms with van der Waals surface area (Å²) in [6.45, 7) is 1.46. The number of amidine groups is 2. The molecule has 0 aromatic heterocycles. The van der Waals surface area contributed by atoms with Gasteiger partial charge in [-0.3, -0.25) is 20.4 Å². The van der Waals surface area contributed by atoms with Crippen LogP contribution in [0.4, 0.5) is 11.4 Å². The highest BCUT2D eigenvalue weighted by Gasteiger charge is 2.23. The standard InChI is InChI=1S/C30H30N6O3.C2H4O2/c1-38-26-17-22(11-16-25(26)39-18-19-5-3-2-4-6-19)27(35-23-12-7-20(8-13-23)28(31)32)30(37)36-24-14-9-21(10-15-24)29(33)34;1-2(3)4/h2-17,27,35H,18H2,1H3,(H3,31,32)(H3,33,34)(H,36,37);1H3,(H,3,4)/t27-;/m1./s1. The number of nitrogen functional groups attached to an aromatic ring is 2. The van der Waals surface area contributed by atoms with Gasteiger partial charge in [0.05, 0.1) is 7.11 Å². The average molecular weight is 583 g/mol. The highest BCUT2D eigenvalue weighted by molar-refractivity contribution is 5.99. The van der Waals surface area contributed by atoms with Crippen molar-refractivity contribution >= 4 is 34.9 Å². The third kappa shape index (κ3) is 9.64. The van der Waals surface area contributed by atoms with Gasteiger partial charge in [0.15, 0.2) is 11.5 Å². The van der Waals surface area contributed by atoms with Crippen molar-refractivity contribution in [1.29, 1.82) is 10.8 Å². The summed E-state index contributed by atoms with van der Waals surface area (Å²) in [4.78, 5) is 22.5. The molecule has 0 aliphatic rings. The number of carboxylic acids is 1. The van der Waals surface area contributed by atoms with Gasteiger partial charge in [0.25, 0.3) is 11.9 Å². The highest BCUT2D eigenvalue weighted by Crippen LogP contribution is 2.33. The zero-order chi connectivity index (χ0) is 31.4. The quantitative estimate of drug-likeness (QED) is 0.0973. The lowest BCUT2D eigenvalue weighted by atomic mass is 10.0. The van der Waals surface area contributed by atoms with E-state index in [2.05, 4.69) is 10.6 Å². The van der Waals surface area contributed by atoms with Crippen LogP contribution in [-0.2, 0) is 16.2 Å². The fourth-order valence-corrected chi connectivity index (χ4v) is 3.88. The molecule has 43 heavy (non-hydrogen) atoms. The number of aliphatic carboxylic acids is 1. The zero-order valence-electron chi connectivity index (χ0n) is 23.8. The monoisotopic (exact) mass is 582 g/mol. The van der Waals surface area contributed by atoms with Crippen LogP contribution in [0.1, 0.15) is 35.2 Å². The lowest BCUT2D eigenvalue weighted by Gasteiger charge is -2.22. The van der Waals surface area contributed by atoms with Crippen LogP contribution in [0.3, 0.4) is 0 Å². The number of hydrogen-bond acceptors (Lipinski definition) is 7. The normalized spacial score (nSPS) is 10.7. The van der Waals surface area contributed by atoms with Gasteiger partial charge in [0.1, 0.15) is 24.3 Å². The Hall–Kier alpha value is -5.84. The van der Waals surface area contributed by atoms with E-state index in [1.165, 1.54) is 0 Å². The third-order valence-corrected chi connectivity index (χ3v) is 5.99. The molecule has 0 heterocycles. The van der Waals surface area contributed by atoms with E-state index >= 15 is 0 Å². The second kappa shape index (κ2) is 15.2. The largest absolute Gasteiger partial charge is 0.493 e. The Balaban J connectivity index is 0.00000119. The summed E-state index contributed by atoms with van der Waals surface area (Å²) in [5.41, 5.74) is 15.1. The molecular formula is C32H34N6O5. The Morgan fingerprint density at radius 2 is 1.35 bits per heavy atom. The molecule has 0 radical (unpaired) electrons. The number of nitrogens with two attached hydrogens (primary N) is 2. The number of carbonyl (C=O) groups excluding carboxylic acids is 1. The maximum atomic E-state index is 13.5. The first-order valence-electron chi connectivity index (χ1n) is 13.1. The van der Waals surface area contributed by atoms with Crippen LogP contribution in [0.2, 0.25) is 0 Å². The van der Waals surface area contributed by atoms with E-state index in [-0.39, 0.29) is 17.6 Å². The molecule has 1 atom stereocenters. The molecule has 11 heteroatoms. The van der Waals surface area contributed by atoms with Gasteiger partial charge in [-0.1, -0.05) is 36.4 Å². The van der Waals surface area contributed by atoms with E-state index in [1.807, 2.05) is 36.4 Å². The van der Waals surface area contributed by atoms with Crippen LogP contribution in [0.25, 0.3) is 0 Å². The van der Waals surface area contributed by atoms with Crippen molar-refractivity contribution in [3.8, 4) is 11.5 Å². The molecule has 4 aromatic carbocycles. The molecular weight excluding hydrogens is 548 g/mol. The number of ether oxygens (including phenoxy) is 2. The lowest BCUT2D eigenvalue weighted by Crippen LogP contribution is -2.27. The molecule has 0 bridgehead atoms. The highest BCUT2D eigenvalue weighted by atomic mass is 16.5. The van der Waals surface area contributed by atoms with Crippen molar-refractivity contribution in [2.45, 2.75) is 19.6 Å². The number of carboxylic acid groups (broad SMARTS) is 1. The van der Waals surface area contributed by atoms with Gasteiger partial charge in [-0.25, -0.2) is 0 Å². The maximum absolute atomic E-state index is 13.5. The van der Waals surface area contributed by atoms with Gasteiger partial charge in [0, 0.05) is 29.4 Å². The van der Waals surface area contributed by atoms with Crippen LogP contribution in [0.15, 0.2) is 97.1 Å². The lowest BCUT2D eigenvalue weighted by molar-refractivity contribution is -0.134. The number of amides is 1. The van der Waals surface area contributed by atoms with Crippen molar-refractivity contribution in [3.05, 3.63) is 119 Å². The van der Waals surface area contributed by atoms with E-state index in [0.29, 0.717) is 46.2 Å². The van der Waals surface area contributed by atoms with Gasteiger partial charge in [0.2, 0.25) is 0 Å². The minimum atomic E-state index is -0.833. The Kier molecular flexibility index (Phi) is 11.2. The Bertz CT molecular complexity index is 1550. The van der Waals surface area contributed by atoms with Gasteiger partial charge in [-0.15, -0.1) is 0 Å².